The summed E-state index contributed by atoms with van der Waals surface area (Å²) >= 11 is 0. The van der Waals surface area contributed by atoms with Crippen LogP contribution in [0.4, 0.5) is 0 Å². The highest BCUT2D eigenvalue weighted by molar-refractivity contribution is 6.06. The number of furan rings is 1. The first-order chi connectivity index (χ1) is 13.7. The van der Waals surface area contributed by atoms with E-state index in [0.29, 0.717) is 13.1 Å². The van der Waals surface area contributed by atoms with Crippen LogP contribution in [-0.4, -0.2) is 34.4 Å². The van der Waals surface area contributed by atoms with Crippen molar-refractivity contribution in [3.05, 3.63) is 65.9 Å². The van der Waals surface area contributed by atoms with Crippen molar-refractivity contribution in [2.45, 2.75) is 26.3 Å². The van der Waals surface area contributed by atoms with Gasteiger partial charge in [0.25, 0.3) is 11.8 Å². The average Bonchev–Trinajstić information content (AvgIpc) is 3.47. The number of rotatable bonds is 5. The van der Waals surface area contributed by atoms with E-state index in [0.717, 1.165) is 35.9 Å². The standard InChI is InChI=1S/C22H23N3O3/c1-2-24-15-16(17-8-3-4-9-19(17)24)14-18(22(27)25-11-5-6-12-25)23-21(26)20-10-7-13-28-20/h3-4,7-10,13-15H,2,5-6,11-12H2,1H3,(H,23,26). The molecule has 1 fully saturated rings. The zero-order chi connectivity index (χ0) is 19.5. The maximum Gasteiger partial charge on any atom is 0.291 e. The number of likely N-dealkylation sites (tertiary alicyclic amines) is 1. The Morgan fingerprint density at radius 2 is 1.93 bits per heavy atom. The van der Waals surface area contributed by atoms with Crippen LogP contribution < -0.4 is 5.32 Å². The fourth-order valence-electron chi connectivity index (χ4n) is 3.64. The summed E-state index contributed by atoms with van der Waals surface area (Å²) in [6, 6.07) is 11.3. The van der Waals surface area contributed by atoms with Crippen molar-refractivity contribution >= 4 is 28.8 Å². The monoisotopic (exact) mass is 377 g/mol. The Balaban J connectivity index is 1.74. The molecule has 0 saturated carbocycles. The van der Waals surface area contributed by atoms with Crippen LogP contribution in [0.5, 0.6) is 0 Å². The second-order valence-corrected chi connectivity index (χ2v) is 6.88. The highest BCUT2D eigenvalue weighted by atomic mass is 16.3. The molecule has 1 aliphatic rings. The molecule has 3 aromatic rings. The molecule has 1 N–H and O–H groups in total. The maximum atomic E-state index is 13.1. The molecule has 0 atom stereocenters. The number of fused-ring (bicyclic) bond motifs is 1. The van der Waals surface area contributed by atoms with Gasteiger partial charge in [-0.15, -0.1) is 0 Å². The first-order valence-electron chi connectivity index (χ1n) is 9.61. The summed E-state index contributed by atoms with van der Waals surface area (Å²) in [5, 5.41) is 3.81. The van der Waals surface area contributed by atoms with E-state index in [1.54, 1.807) is 23.1 Å². The second-order valence-electron chi connectivity index (χ2n) is 6.88. The van der Waals surface area contributed by atoms with E-state index in [1.165, 1.54) is 6.26 Å². The zero-order valence-electron chi connectivity index (χ0n) is 15.9. The van der Waals surface area contributed by atoms with E-state index >= 15 is 0 Å². The number of nitrogens with one attached hydrogen (secondary N) is 1. The third kappa shape index (κ3) is 3.45. The largest absolute Gasteiger partial charge is 0.459 e. The zero-order valence-corrected chi connectivity index (χ0v) is 15.9. The summed E-state index contributed by atoms with van der Waals surface area (Å²) in [5.74, 6) is -0.412. The number of hydrogen-bond donors (Lipinski definition) is 1. The van der Waals surface area contributed by atoms with Crippen molar-refractivity contribution in [2.24, 2.45) is 0 Å². The van der Waals surface area contributed by atoms with Gasteiger partial charge in [0.15, 0.2) is 5.76 Å². The minimum Gasteiger partial charge on any atom is -0.459 e. The van der Waals surface area contributed by atoms with Gasteiger partial charge in [0, 0.05) is 42.3 Å². The summed E-state index contributed by atoms with van der Waals surface area (Å²) in [7, 11) is 0. The predicted octanol–water partition coefficient (Wildman–Crippen LogP) is 3.65. The first-order valence-corrected chi connectivity index (χ1v) is 9.61. The summed E-state index contributed by atoms with van der Waals surface area (Å²) in [6.07, 6.45) is 7.20. The minimum atomic E-state index is -0.428. The van der Waals surface area contributed by atoms with E-state index in [2.05, 4.69) is 22.9 Å². The average molecular weight is 377 g/mol. The molecular weight excluding hydrogens is 354 g/mol. The van der Waals surface area contributed by atoms with Crippen LogP contribution in [0.3, 0.4) is 0 Å². The van der Waals surface area contributed by atoms with Crippen molar-refractivity contribution in [1.82, 2.24) is 14.8 Å². The molecule has 2 aromatic heterocycles. The molecule has 2 amide bonds. The van der Waals surface area contributed by atoms with Gasteiger partial charge in [-0.25, -0.2) is 0 Å². The number of aryl methyl sites for hydroxylation is 1. The van der Waals surface area contributed by atoms with Gasteiger partial charge in [-0.1, -0.05) is 18.2 Å². The number of nitrogens with zero attached hydrogens (tertiary/aromatic N) is 2. The number of hydrogen-bond acceptors (Lipinski definition) is 3. The lowest BCUT2D eigenvalue weighted by Gasteiger charge is -2.18. The highest BCUT2D eigenvalue weighted by Crippen LogP contribution is 2.24. The number of carbonyl (C=O) groups excluding carboxylic acids is 2. The molecule has 4 rings (SSSR count). The normalized spacial score (nSPS) is 14.6. The van der Waals surface area contributed by atoms with Gasteiger partial charge in [0.2, 0.25) is 0 Å². The Morgan fingerprint density at radius 3 is 2.64 bits per heavy atom. The van der Waals surface area contributed by atoms with E-state index in [4.69, 9.17) is 4.42 Å². The van der Waals surface area contributed by atoms with E-state index in [9.17, 15) is 9.59 Å². The number of carbonyl (C=O) groups is 2. The number of amides is 2. The lowest BCUT2D eigenvalue weighted by Crippen LogP contribution is -2.36. The molecule has 28 heavy (non-hydrogen) atoms. The van der Waals surface area contributed by atoms with Gasteiger partial charge >= 0.3 is 0 Å². The Kier molecular flexibility index (Phi) is 5.02. The predicted molar refractivity (Wildman–Crippen MR) is 108 cm³/mol. The number of para-hydroxylation sites is 1. The number of benzene rings is 1. The minimum absolute atomic E-state index is 0.161. The lowest BCUT2D eigenvalue weighted by molar-refractivity contribution is -0.126. The molecule has 1 aromatic carbocycles. The summed E-state index contributed by atoms with van der Waals surface area (Å²) < 4.78 is 7.31. The summed E-state index contributed by atoms with van der Waals surface area (Å²) in [4.78, 5) is 27.4. The van der Waals surface area contributed by atoms with Gasteiger partial charge in [-0.2, -0.15) is 0 Å². The third-order valence-corrected chi connectivity index (χ3v) is 5.08. The SMILES string of the molecule is CCn1cc(C=C(NC(=O)c2ccco2)C(=O)N2CCCC2)c2ccccc21. The molecule has 0 radical (unpaired) electrons. The van der Waals surface area contributed by atoms with Crippen LogP contribution in [0.1, 0.15) is 35.9 Å². The Hall–Kier alpha value is -3.28. The van der Waals surface area contributed by atoms with E-state index in [1.807, 2.05) is 24.4 Å². The van der Waals surface area contributed by atoms with E-state index < -0.39 is 5.91 Å². The molecule has 0 spiro atoms. The molecule has 0 aliphatic carbocycles. The topological polar surface area (TPSA) is 67.5 Å². The summed E-state index contributed by atoms with van der Waals surface area (Å²) in [5.41, 5.74) is 2.27. The van der Waals surface area contributed by atoms with Crippen LogP contribution >= 0.6 is 0 Å². The van der Waals surface area contributed by atoms with Crippen LogP contribution in [-0.2, 0) is 11.3 Å². The van der Waals surface area contributed by atoms with Crippen LogP contribution in [0.15, 0.2) is 59.0 Å². The molecule has 1 saturated heterocycles. The molecule has 6 heteroatoms. The van der Waals surface area contributed by atoms with E-state index in [-0.39, 0.29) is 17.4 Å². The fraction of sp³-hybridized carbons (Fsp3) is 0.273. The van der Waals surface area contributed by atoms with Crippen molar-refractivity contribution < 1.29 is 14.0 Å². The molecule has 1 aliphatic heterocycles. The van der Waals surface area contributed by atoms with Gasteiger partial charge < -0.3 is 19.2 Å². The molecule has 0 unspecified atom stereocenters. The van der Waals surface area contributed by atoms with Gasteiger partial charge in [0.1, 0.15) is 5.70 Å². The van der Waals surface area contributed by atoms with Crippen LogP contribution in [0.25, 0.3) is 17.0 Å². The van der Waals surface area contributed by atoms with Crippen molar-refractivity contribution in [3.8, 4) is 0 Å². The molecular formula is C22H23N3O3. The first kappa shape index (κ1) is 18.1. The fourth-order valence-corrected chi connectivity index (χ4v) is 3.64. The molecule has 0 bridgehead atoms. The van der Waals surface area contributed by atoms with Crippen molar-refractivity contribution in [1.29, 1.82) is 0 Å². The highest BCUT2D eigenvalue weighted by Gasteiger charge is 2.24. The van der Waals surface area contributed by atoms with Gasteiger partial charge in [-0.05, 0) is 44.0 Å². The summed E-state index contributed by atoms with van der Waals surface area (Å²) in [6.45, 7) is 4.32. The van der Waals surface area contributed by atoms with Gasteiger partial charge in [0.05, 0.1) is 6.26 Å². The quantitative estimate of drug-likeness (QED) is 0.690. The Morgan fingerprint density at radius 1 is 1.14 bits per heavy atom. The number of aromatic nitrogens is 1. The Bertz CT molecular complexity index is 1020. The van der Waals surface area contributed by atoms with Crippen molar-refractivity contribution in [3.63, 3.8) is 0 Å². The Labute approximate surface area is 163 Å². The van der Waals surface area contributed by atoms with Crippen LogP contribution in [0.2, 0.25) is 0 Å². The molecule has 3 heterocycles. The van der Waals surface area contributed by atoms with Gasteiger partial charge in [-0.3, -0.25) is 9.59 Å². The second kappa shape index (κ2) is 7.76. The smallest absolute Gasteiger partial charge is 0.291 e. The third-order valence-electron chi connectivity index (χ3n) is 5.08. The molecule has 6 nitrogen and oxygen atoms in total. The van der Waals surface area contributed by atoms with Crippen LogP contribution in [0, 0.1) is 0 Å². The van der Waals surface area contributed by atoms with Crippen molar-refractivity contribution in [2.75, 3.05) is 13.1 Å². The maximum absolute atomic E-state index is 13.1. The molecule has 144 valence electrons. The lowest BCUT2D eigenvalue weighted by atomic mass is 10.1.